The van der Waals surface area contributed by atoms with Gasteiger partial charge >= 0.3 is 0 Å². The second-order valence-corrected chi connectivity index (χ2v) is 5.97. The maximum absolute atomic E-state index is 13.8. The van der Waals surface area contributed by atoms with Gasteiger partial charge in [-0.2, -0.15) is 0 Å². The number of benzene rings is 1. The van der Waals surface area contributed by atoms with Gasteiger partial charge in [-0.05, 0) is 37.4 Å². The van der Waals surface area contributed by atoms with Crippen LogP contribution in [0.15, 0.2) is 24.3 Å². The third-order valence-corrected chi connectivity index (χ3v) is 3.78. The fourth-order valence-electron chi connectivity index (χ4n) is 2.23. The number of hydrogen-bond donors (Lipinski definition) is 1. The molecule has 19 heavy (non-hydrogen) atoms. The molecule has 3 heteroatoms. The van der Waals surface area contributed by atoms with Gasteiger partial charge in [0.25, 0.3) is 0 Å². The van der Waals surface area contributed by atoms with Gasteiger partial charge in [-0.15, -0.1) is 0 Å². The SMILES string of the molecule is CCCNC(C)C(C)(C)CN(C)c1ccccc1F. The van der Waals surface area contributed by atoms with Gasteiger partial charge < -0.3 is 10.2 Å². The van der Waals surface area contributed by atoms with Crippen molar-refractivity contribution in [3.05, 3.63) is 30.1 Å². The van der Waals surface area contributed by atoms with Gasteiger partial charge in [0.1, 0.15) is 5.82 Å². The molecule has 0 aliphatic rings. The average Bonchev–Trinajstić information content (AvgIpc) is 2.35. The van der Waals surface area contributed by atoms with E-state index in [1.165, 1.54) is 6.07 Å². The van der Waals surface area contributed by atoms with E-state index in [4.69, 9.17) is 0 Å². The molecule has 108 valence electrons. The first kappa shape index (κ1) is 16.0. The molecule has 2 nitrogen and oxygen atoms in total. The van der Waals surface area contributed by atoms with Crippen LogP contribution < -0.4 is 10.2 Å². The summed E-state index contributed by atoms with van der Waals surface area (Å²) in [5.74, 6) is -0.157. The molecule has 0 aliphatic carbocycles. The Morgan fingerprint density at radius 2 is 1.95 bits per heavy atom. The van der Waals surface area contributed by atoms with Crippen LogP contribution in [0.3, 0.4) is 0 Å². The van der Waals surface area contributed by atoms with Crippen LogP contribution in [0, 0.1) is 11.2 Å². The van der Waals surface area contributed by atoms with Gasteiger partial charge in [-0.25, -0.2) is 4.39 Å². The Labute approximate surface area is 117 Å². The van der Waals surface area contributed by atoms with Crippen molar-refractivity contribution in [2.24, 2.45) is 5.41 Å². The van der Waals surface area contributed by atoms with E-state index in [2.05, 4.69) is 33.0 Å². The summed E-state index contributed by atoms with van der Waals surface area (Å²) in [6.07, 6.45) is 1.13. The average molecular weight is 266 g/mol. The monoisotopic (exact) mass is 266 g/mol. The third-order valence-electron chi connectivity index (χ3n) is 3.78. The predicted molar refractivity (Wildman–Crippen MR) is 81.2 cm³/mol. The van der Waals surface area contributed by atoms with Gasteiger partial charge in [-0.3, -0.25) is 0 Å². The molecule has 0 spiro atoms. The number of halogens is 1. The fraction of sp³-hybridized carbons (Fsp3) is 0.625. The molecule has 0 saturated heterocycles. The van der Waals surface area contributed by atoms with E-state index in [1.807, 2.05) is 24.1 Å². The summed E-state index contributed by atoms with van der Waals surface area (Å²) < 4.78 is 13.8. The van der Waals surface area contributed by atoms with E-state index < -0.39 is 0 Å². The van der Waals surface area contributed by atoms with Crippen LogP contribution in [-0.4, -0.2) is 26.2 Å². The van der Waals surface area contributed by atoms with E-state index in [0.29, 0.717) is 11.7 Å². The van der Waals surface area contributed by atoms with E-state index in [9.17, 15) is 4.39 Å². The molecule has 1 atom stereocenters. The smallest absolute Gasteiger partial charge is 0.146 e. The molecule has 0 amide bonds. The molecule has 1 unspecified atom stereocenters. The Bertz CT molecular complexity index is 390. The highest BCUT2D eigenvalue weighted by atomic mass is 19.1. The molecule has 1 rings (SSSR count). The first-order valence-corrected chi connectivity index (χ1v) is 7.07. The number of nitrogens with zero attached hydrogens (tertiary/aromatic N) is 1. The van der Waals surface area contributed by atoms with Gasteiger partial charge in [0.05, 0.1) is 5.69 Å². The first-order chi connectivity index (χ1) is 8.88. The summed E-state index contributed by atoms with van der Waals surface area (Å²) in [7, 11) is 1.95. The van der Waals surface area contributed by atoms with Gasteiger partial charge in [-0.1, -0.05) is 32.9 Å². The van der Waals surface area contributed by atoms with Crippen molar-refractivity contribution in [3.8, 4) is 0 Å². The Morgan fingerprint density at radius 3 is 2.53 bits per heavy atom. The standard InChI is InChI=1S/C16H27FN2/c1-6-11-18-13(2)16(3,4)12-19(5)15-10-8-7-9-14(15)17/h7-10,13,18H,6,11-12H2,1-5H3. The Hall–Kier alpha value is -1.09. The van der Waals surface area contributed by atoms with Crippen molar-refractivity contribution in [2.45, 2.75) is 40.2 Å². The van der Waals surface area contributed by atoms with Crippen molar-refractivity contribution >= 4 is 5.69 Å². The van der Waals surface area contributed by atoms with Crippen LogP contribution >= 0.6 is 0 Å². The van der Waals surface area contributed by atoms with Crippen LogP contribution in [-0.2, 0) is 0 Å². The Morgan fingerprint density at radius 1 is 1.32 bits per heavy atom. The lowest BCUT2D eigenvalue weighted by molar-refractivity contribution is 0.263. The number of hydrogen-bond acceptors (Lipinski definition) is 2. The van der Waals surface area contributed by atoms with Crippen molar-refractivity contribution in [3.63, 3.8) is 0 Å². The Kier molecular flexibility index (Phi) is 5.80. The lowest BCUT2D eigenvalue weighted by atomic mass is 9.84. The van der Waals surface area contributed by atoms with Crippen molar-refractivity contribution in [1.29, 1.82) is 0 Å². The summed E-state index contributed by atoms with van der Waals surface area (Å²) in [5.41, 5.74) is 0.741. The summed E-state index contributed by atoms with van der Waals surface area (Å²) in [6.45, 7) is 10.6. The largest absolute Gasteiger partial charge is 0.372 e. The molecular formula is C16H27FN2. The molecule has 0 heterocycles. The lowest BCUT2D eigenvalue weighted by Gasteiger charge is -2.37. The molecule has 0 fully saturated rings. The van der Waals surface area contributed by atoms with Crippen LogP contribution in [0.4, 0.5) is 10.1 Å². The number of rotatable bonds is 7. The highest BCUT2D eigenvalue weighted by Gasteiger charge is 2.27. The van der Waals surface area contributed by atoms with Crippen LogP contribution in [0.1, 0.15) is 34.1 Å². The zero-order chi connectivity index (χ0) is 14.5. The molecular weight excluding hydrogens is 239 g/mol. The third kappa shape index (κ3) is 4.50. The Balaban J connectivity index is 2.69. The zero-order valence-electron chi connectivity index (χ0n) is 12.8. The highest BCUT2D eigenvalue weighted by molar-refractivity contribution is 5.46. The van der Waals surface area contributed by atoms with Crippen molar-refractivity contribution in [2.75, 3.05) is 25.0 Å². The minimum absolute atomic E-state index is 0.0756. The van der Waals surface area contributed by atoms with Crippen LogP contribution in [0.2, 0.25) is 0 Å². The fourth-order valence-corrected chi connectivity index (χ4v) is 2.23. The maximum atomic E-state index is 13.8. The minimum Gasteiger partial charge on any atom is -0.372 e. The maximum Gasteiger partial charge on any atom is 0.146 e. The van der Waals surface area contributed by atoms with Gasteiger partial charge in [0, 0.05) is 19.6 Å². The summed E-state index contributed by atoms with van der Waals surface area (Å²) >= 11 is 0. The van der Waals surface area contributed by atoms with E-state index in [1.54, 1.807) is 6.07 Å². The summed E-state index contributed by atoms with van der Waals surface area (Å²) in [4.78, 5) is 2.00. The molecule has 0 bridgehead atoms. The molecule has 1 N–H and O–H groups in total. The molecule has 1 aromatic rings. The van der Waals surface area contributed by atoms with Crippen LogP contribution in [0.5, 0.6) is 0 Å². The highest BCUT2D eigenvalue weighted by Crippen LogP contribution is 2.26. The summed E-state index contributed by atoms with van der Waals surface area (Å²) in [5, 5.41) is 3.52. The predicted octanol–water partition coefficient (Wildman–Crippen LogP) is 3.68. The zero-order valence-corrected chi connectivity index (χ0v) is 12.8. The van der Waals surface area contributed by atoms with Gasteiger partial charge in [0.15, 0.2) is 0 Å². The molecule has 0 aliphatic heterocycles. The van der Waals surface area contributed by atoms with Crippen LogP contribution in [0.25, 0.3) is 0 Å². The molecule has 0 aromatic heterocycles. The quantitative estimate of drug-likeness (QED) is 0.810. The van der Waals surface area contributed by atoms with Crippen molar-refractivity contribution < 1.29 is 4.39 Å². The second-order valence-electron chi connectivity index (χ2n) is 5.97. The molecule has 0 radical (unpaired) electrons. The lowest BCUT2D eigenvalue weighted by Crippen LogP contribution is -2.46. The summed E-state index contributed by atoms with van der Waals surface area (Å²) in [6, 6.07) is 7.33. The number of anilines is 1. The normalized spacial score (nSPS) is 13.4. The minimum atomic E-state index is -0.157. The van der Waals surface area contributed by atoms with Gasteiger partial charge in [0.2, 0.25) is 0 Å². The van der Waals surface area contributed by atoms with Crippen molar-refractivity contribution in [1.82, 2.24) is 5.32 Å². The molecule has 1 aromatic carbocycles. The van der Waals surface area contributed by atoms with E-state index in [0.717, 1.165) is 19.5 Å². The van der Waals surface area contributed by atoms with E-state index >= 15 is 0 Å². The van der Waals surface area contributed by atoms with E-state index in [-0.39, 0.29) is 11.2 Å². The molecule has 0 saturated carbocycles. The number of para-hydroxylation sites is 1. The topological polar surface area (TPSA) is 15.3 Å². The number of nitrogens with one attached hydrogen (secondary N) is 1. The first-order valence-electron chi connectivity index (χ1n) is 7.07. The second kappa shape index (κ2) is 6.90.